The first-order chi connectivity index (χ1) is 29.9. The van der Waals surface area contributed by atoms with Gasteiger partial charge in [0.2, 0.25) is 29.9 Å². The lowest BCUT2D eigenvalue weighted by atomic mass is 10.0. The maximum Gasteiger partial charge on any atom is 0.331 e. The summed E-state index contributed by atoms with van der Waals surface area (Å²) in [5.74, 6) is -4.53. The first-order valence-electron chi connectivity index (χ1n) is 19.5. The second-order valence-corrected chi connectivity index (χ2v) is 15.5. The minimum Gasteiger partial charge on any atom is -0.508 e. The van der Waals surface area contributed by atoms with Crippen molar-refractivity contribution in [3.8, 4) is 11.5 Å². The van der Waals surface area contributed by atoms with Crippen LogP contribution in [0.2, 0.25) is 0 Å². The predicted molar refractivity (Wildman–Crippen MR) is 227 cm³/mol. The van der Waals surface area contributed by atoms with Crippen molar-refractivity contribution in [2.75, 3.05) is 25.6 Å². The van der Waals surface area contributed by atoms with Gasteiger partial charge < -0.3 is 62.4 Å². The smallest absolute Gasteiger partial charge is 0.331 e. The number of aliphatic carboxylic acids is 1. The van der Waals surface area contributed by atoms with Gasteiger partial charge in [-0.3, -0.25) is 33.5 Å². The van der Waals surface area contributed by atoms with Crippen LogP contribution in [0.25, 0.3) is 0 Å². The highest BCUT2D eigenvalue weighted by atomic mass is 32.2. The zero-order valence-electron chi connectivity index (χ0n) is 34.5. The lowest BCUT2D eigenvalue weighted by molar-refractivity contribution is -0.140. The number of nitrogens with zero attached hydrogens (tertiary/aromatic N) is 2. The van der Waals surface area contributed by atoms with Crippen LogP contribution >= 0.6 is 11.8 Å². The summed E-state index contributed by atoms with van der Waals surface area (Å²) >= 11 is 1.33. The molecule has 22 nitrogen and oxygen atoms in total. The molecule has 3 aromatic rings. The maximum atomic E-state index is 14.1. The monoisotopic (exact) mass is 897 g/mol. The molecule has 1 fully saturated rings. The number of amides is 6. The molecule has 7 atom stereocenters. The molecular formula is C40H51N9O13S. The number of nitrogens with one attached hydrogen (secondary N) is 6. The third kappa shape index (κ3) is 14.1. The van der Waals surface area contributed by atoms with Gasteiger partial charge in [-0.15, -0.1) is 0 Å². The summed E-state index contributed by atoms with van der Waals surface area (Å²) in [5, 5.41) is 52.8. The zero-order valence-corrected chi connectivity index (χ0v) is 35.3. The summed E-state index contributed by atoms with van der Waals surface area (Å²) in [6.07, 6.45) is 0.858. The number of H-pyrrole nitrogens is 1. The second-order valence-electron chi connectivity index (χ2n) is 14.5. The van der Waals surface area contributed by atoms with E-state index in [2.05, 4.69) is 31.6 Å². The van der Waals surface area contributed by atoms with Gasteiger partial charge in [0.1, 0.15) is 47.5 Å². The number of carbonyl (C=O) groups excluding carboxylic acids is 5. The van der Waals surface area contributed by atoms with E-state index in [0.29, 0.717) is 16.9 Å². The fraction of sp³-hybridized carbons (Fsp3) is 0.400. The standard InChI is InChI=1S/C40H51N9O13S/c1-21(48(2)36(57)28(43-32(54)19-41)16-22-6-4-8-24(50)14-22)33(35(56)42-20-26-18-30(52)37(62-26)49-12-10-31(53)46-40(49)61)47-34(55)27(11-13-63-3)44-39(60)45-29(38(58)59)17-23-7-5-9-25(51)15-23/h4-10,12,14-15,20-21,27-30,33,37,50-52H,11,13,16-19,41H2,1-3H3,(H,42,56)(H,43,54)(H,47,55)(H,58,59)(H2,44,45,60)(H,46,53,61)/b26-20-/t21-,27+,28+,29+,30-,33-,37-/m1/s1. The largest absolute Gasteiger partial charge is 0.508 e. The molecule has 2 heterocycles. The number of benzene rings is 2. The minimum atomic E-state index is -1.61. The number of aliphatic hydroxyl groups excluding tert-OH is 1. The summed E-state index contributed by atoms with van der Waals surface area (Å²) < 4.78 is 6.65. The number of urea groups is 1. The molecule has 4 rings (SSSR count). The topological polar surface area (TPSA) is 337 Å². The molecule has 23 heteroatoms. The maximum absolute atomic E-state index is 14.1. The van der Waals surface area contributed by atoms with E-state index < -0.39 is 96.0 Å². The zero-order chi connectivity index (χ0) is 46.4. The van der Waals surface area contributed by atoms with E-state index in [-0.39, 0.29) is 42.9 Å². The van der Waals surface area contributed by atoms with Crippen LogP contribution in [0.3, 0.4) is 0 Å². The number of thioether (sulfide) groups is 1. The van der Waals surface area contributed by atoms with Gasteiger partial charge in [0.05, 0.1) is 12.6 Å². The van der Waals surface area contributed by atoms with Gasteiger partial charge in [-0.05, 0) is 60.7 Å². The summed E-state index contributed by atoms with van der Waals surface area (Å²) in [6.45, 7) is 0.963. The third-order valence-electron chi connectivity index (χ3n) is 9.89. The Morgan fingerprint density at radius 1 is 0.937 bits per heavy atom. The van der Waals surface area contributed by atoms with Gasteiger partial charge in [-0.2, -0.15) is 11.8 Å². The van der Waals surface area contributed by atoms with E-state index in [4.69, 9.17) is 10.5 Å². The number of aliphatic hydroxyl groups is 1. The number of phenols is 2. The Labute approximate surface area is 364 Å². The number of carbonyl (C=O) groups is 6. The Balaban J connectivity index is 1.61. The van der Waals surface area contributed by atoms with E-state index >= 15 is 0 Å². The summed E-state index contributed by atoms with van der Waals surface area (Å²) in [7, 11) is 1.32. The fourth-order valence-electron chi connectivity index (χ4n) is 6.48. The molecular weight excluding hydrogens is 847 g/mol. The van der Waals surface area contributed by atoms with E-state index in [9.17, 15) is 58.8 Å². The quantitative estimate of drug-likeness (QED) is 0.0604. The van der Waals surface area contributed by atoms with Crippen molar-refractivity contribution in [3.63, 3.8) is 0 Å². The van der Waals surface area contributed by atoms with Crippen molar-refractivity contribution in [1.82, 2.24) is 41.0 Å². The number of hydrogen-bond donors (Lipinski definition) is 11. The van der Waals surface area contributed by atoms with E-state index in [1.165, 1.54) is 56.1 Å². The van der Waals surface area contributed by atoms with Gasteiger partial charge >= 0.3 is 17.7 Å². The van der Waals surface area contributed by atoms with Crippen molar-refractivity contribution in [2.24, 2.45) is 5.73 Å². The Morgan fingerprint density at radius 2 is 1.56 bits per heavy atom. The van der Waals surface area contributed by atoms with Gasteiger partial charge in [-0.25, -0.2) is 14.4 Å². The molecule has 6 amide bonds. The van der Waals surface area contributed by atoms with Crippen molar-refractivity contribution < 1.29 is 53.9 Å². The molecule has 340 valence electrons. The van der Waals surface area contributed by atoms with E-state index in [1.54, 1.807) is 24.5 Å². The van der Waals surface area contributed by atoms with Crippen molar-refractivity contribution in [2.45, 2.75) is 75.1 Å². The number of aromatic amines is 1. The number of nitrogens with two attached hydrogens (primary N) is 1. The Bertz CT molecular complexity index is 2290. The average molecular weight is 898 g/mol. The number of carboxylic acid groups (broad SMARTS) is 1. The molecule has 1 aromatic heterocycles. The number of hydrogen-bond acceptors (Lipinski definition) is 14. The molecule has 0 unspecified atom stereocenters. The van der Waals surface area contributed by atoms with Crippen LogP contribution in [-0.4, -0.2) is 132 Å². The molecule has 0 bridgehead atoms. The highest BCUT2D eigenvalue weighted by Gasteiger charge is 2.38. The second kappa shape index (κ2) is 22.8. The van der Waals surface area contributed by atoms with Gasteiger partial charge in [0, 0.05) is 44.8 Å². The number of phenolic OH excluding ortho intramolecular Hbond substituents is 2. The highest BCUT2D eigenvalue weighted by Crippen LogP contribution is 2.30. The average Bonchev–Trinajstić information content (AvgIpc) is 3.61. The van der Waals surface area contributed by atoms with Crippen LogP contribution in [0, 0.1) is 0 Å². The van der Waals surface area contributed by atoms with E-state index in [1.807, 2.05) is 0 Å². The van der Waals surface area contributed by atoms with E-state index in [0.717, 1.165) is 27.9 Å². The molecule has 12 N–H and O–H groups in total. The van der Waals surface area contributed by atoms with Crippen LogP contribution in [0.5, 0.6) is 11.5 Å². The van der Waals surface area contributed by atoms with Crippen molar-refractivity contribution in [3.05, 3.63) is 105 Å². The number of rotatable bonds is 20. The van der Waals surface area contributed by atoms with Crippen molar-refractivity contribution >= 4 is 47.4 Å². The number of ether oxygens (including phenoxy) is 1. The number of aromatic hydroxyl groups is 2. The lowest BCUT2D eigenvalue weighted by Crippen LogP contribution is -2.62. The third-order valence-corrected chi connectivity index (χ3v) is 10.5. The predicted octanol–water partition coefficient (Wildman–Crippen LogP) is -1.68. The SMILES string of the molecule is CSCC[C@H](NC(=O)N[C@@H](Cc1cccc(O)c1)C(=O)O)C(=O)N[C@@H](C(=O)N/C=C1/C[C@@H](O)[C@H](n2ccc(=O)[nH]c2=O)O1)[C@@H](C)N(C)C(=O)[C@H](Cc1cccc(O)c1)NC(=O)CN. The molecule has 63 heavy (non-hydrogen) atoms. The molecule has 0 aliphatic carbocycles. The van der Waals surface area contributed by atoms with Gasteiger partial charge in [-0.1, -0.05) is 24.3 Å². The normalized spacial score (nSPS) is 17.5. The van der Waals surface area contributed by atoms with Crippen LogP contribution in [0.1, 0.15) is 37.1 Å². The number of likely N-dealkylation sites (N-methyl/N-ethyl adjacent to an activating group) is 1. The summed E-state index contributed by atoms with van der Waals surface area (Å²) in [5.41, 5.74) is 4.86. The number of aromatic nitrogens is 2. The Kier molecular flexibility index (Phi) is 17.7. The first-order valence-corrected chi connectivity index (χ1v) is 20.9. The highest BCUT2D eigenvalue weighted by molar-refractivity contribution is 7.98. The molecule has 1 aliphatic heterocycles. The fourth-order valence-corrected chi connectivity index (χ4v) is 6.95. The molecule has 0 saturated carbocycles. The van der Waals surface area contributed by atoms with Crippen LogP contribution in [0.15, 0.2) is 82.3 Å². The van der Waals surface area contributed by atoms with Crippen LogP contribution in [0.4, 0.5) is 4.79 Å². The van der Waals surface area contributed by atoms with Crippen molar-refractivity contribution in [1.29, 1.82) is 0 Å². The molecule has 0 radical (unpaired) electrons. The summed E-state index contributed by atoms with van der Waals surface area (Å²) in [4.78, 5) is 107. The molecule has 1 aliphatic rings. The number of carboxylic acids is 1. The minimum absolute atomic E-state index is 0.000605. The Hall–Kier alpha value is -6.85. The van der Waals surface area contributed by atoms with Gasteiger partial charge in [0.15, 0.2) is 0 Å². The first kappa shape index (κ1) is 48.8. The molecule has 1 saturated heterocycles. The summed E-state index contributed by atoms with van der Waals surface area (Å²) in [6, 6.07) is 4.86. The van der Waals surface area contributed by atoms with Gasteiger partial charge in [0.25, 0.3) is 5.56 Å². The Morgan fingerprint density at radius 3 is 2.13 bits per heavy atom. The van der Waals surface area contributed by atoms with Crippen LogP contribution < -0.4 is 43.6 Å². The molecule has 0 spiro atoms. The lowest BCUT2D eigenvalue weighted by Gasteiger charge is -2.34. The molecule has 2 aromatic carbocycles. The van der Waals surface area contributed by atoms with Crippen LogP contribution in [-0.2, 0) is 41.6 Å².